The van der Waals surface area contributed by atoms with Crippen molar-refractivity contribution in [3.05, 3.63) is 29.6 Å². The van der Waals surface area contributed by atoms with Gasteiger partial charge in [0.1, 0.15) is 29.2 Å². The number of methoxy groups -OCH3 is 1. The molecule has 21 heavy (non-hydrogen) atoms. The number of nitrogen functional groups attached to an aromatic ring is 1. The van der Waals surface area contributed by atoms with Crippen LogP contribution >= 0.6 is 0 Å². The first-order chi connectivity index (χ1) is 10.1. The van der Waals surface area contributed by atoms with Crippen LogP contribution in [0.15, 0.2) is 18.2 Å². The molecule has 1 aromatic carbocycles. The average molecular weight is 284 g/mol. The molecule has 0 aliphatic rings. The summed E-state index contributed by atoms with van der Waals surface area (Å²) in [4.78, 5) is 4.55. The lowest BCUT2D eigenvalue weighted by molar-refractivity contribution is 0.413. The Morgan fingerprint density at radius 3 is 2.81 bits per heavy atom. The van der Waals surface area contributed by atoms with E-state index in [1.54, 1.807) is 19.2 Å². The molecule has 0 spiro atoms. The zero-order valence-corrected chi connectivity index (χ0v) is 12.7. The zero-order chi connectivity index (χ0) is 15.4. The van der Waals surface area contributed by atoms with E-state index in [0.29, 0.717) is 17.1 Å². The van der Waals surface area contributed by atoms with Crippen LogP contribution in [0.5, 0.6) is 5.75 Å². The molecule has 5 heteroatoms. The van der Waals surface area contributed by atoms with E-state index in [1.807, 2.05) is 17.6 Å². The summed E-state index contributed by atoms with van der Waals surface area (Å²) in [7, 11) is 1.55. The third-order valence-electron chi connectivity index (χ3n) is 3.53. The fourth-order valence-corrected chi connectivity index (χ4v) is 2.34. The summed E-state index contributed by atoms with van der Waals surface area (Å²) in [5.41, 5.74) is 8.27. The van der Waals surface area contributed by atoms with Crippen LogP contribution in [-0.2, 0) is 6.54 Å². The van der Waals surface area contributed by atoms with Gasteiger partial charge >= 0.3 is 0 Å². The molecule has 2 rings (SSSR count). The SMILES string of the molecule is CCCCn1c(C)nc(-c2ccc(OC)c(C#N)c2)c1N. The van der Waals surface area contributed by atoms with E-state index in [-0.39, 0.29) is 0 Å². The lowest BCUT2D eigenvalue weighted by Crippen LogP contribution is -2.05. The van der Waals surface area contributed by atoms with E-state index in [9.17, 15) is 5.26 Å². The van der Waals surface area contributed by atoms with Gasteiger partial charge in [-0.05, 0) is 31.5 Å². The van der Waals surface area contributed by atoms with Crippen molar-refractivity contribution >= 4 is 5.82 Å². The van der Waals surface area contributed by atoms with Gasteiger partial charge in [0.25, 0.3) is 0 Å². The van der Waals surface area contributed by atoms with Gasteiger partial charge in [0.2, 0.25) is 0 Å². The predicted octanol–water partition coefficient (Wildman–Crippen LogP) is 3.12. The highest BCUT2D eigenvalue weighted by Gasteiger charge is 2.15. The molecule has 2 N–H and O–H groups in total. The van der Waals surface area contributed by atoms with Gasteiger partial charge < -0.3 is 15.0 Å². The summed E-state index contributed by atoms with van der Waals surface area (Å²) in [6.45, 7) is 4.96. The Morgan fingerprint density at radius 1 is 1.43 bits per heavy atom. The highest BCUT2D eigenvalue weighted by Crippen LogP contribution is 2.30. The second-order valence-electron chi connectivity index (χ2n) is 4.92. The van der Waals surface area contributed by atoms with Crippen LogP contribution < -0.4 is 10.5 Å². The fourth-order valence-electron chi connectivity index (χ4n) is 2.34. The first-order valence-corrected chi connectivity index (χ1v) is 7.03. The zero-order valence-electron chi connectivity index (χ0n) is 12.7. The Kier molecular flexibility index (Phi) is 4.49. The molecule has 0 amide bonds. The number of rotatable bonds is 5. The van der Waals surface area contributed by atoms with E-state index in [2.05, 4.69) is 18.0 Å². The van der Waals surface area contributed by atoms with Gasteiger partial charge in [0.15, 0.2) is 0 Å². The number of anilines is 1. The molecule has 0 saturated carbocycles. The van der Waals surface area contributed by atoms with Crippen LogP contribution in [0.3, 0.4) is 0 Å². The van der Waals surface area contributed by atoms with Crippen LogP contribution in [0.2, 0.25) is 0 Å². The molecule has 0 saturated heterocycles. The van der Waals surface area contributed by atoms with Crippen molar-refractivity contribution in [3.8, 4) is 23.1 Å². The lowest BCUT2D eigenvalue weighted by Gasteiger charge is -2.07. The van der Waals surface area contributed by atoms with Crippen molar-refractivity contribution in [1.29, 1.82) is 5.26 Å². The predicted molar refractivity (Wildman–Crippen MR) is 83.0 cm³/mol. The second-order valence-corrected chi connectivity index (χ2v) is 4.92. The molecule has 5 nitrogen and oxygen atoms in total. The quantitative estimate of drug-likeness (QED) is 0.915. The monoisotopic (exact) mass is 284 g/mol. The Labute approximate surface area is 125 Å². The van der Waals surface area contributed by atoms with Crippen molar-refractivity contribution in [2.45, 2.75) is 33.2 Å². The van der Waals surface area contributed by atoms with Gasteiger partial charge in [-0.25, -0.2) is 4.98 Å². The van der Waals surface area contributed by atoms with E-state index in [4.69, 9.17) is 10.5 Å². The van der Waals surface area contributed by atoms with Crippen molar-refractivity contribution < 1.29 is 4.74 Å². The highest BCUT2D eigenvalue weighted by atomic mass is 16.5. The van der Waals surface area contributed by atoms with E-state index in [1.165, 1.54) is 0 Å². The maximum absolute atomic E-state index is 9.18. The molecule has 2 aromatic rings. The first kappa shape index (κ1) is 14.9. The average Bonchev–Trinajstić information content (AvgIpc) is 2.79. The smallest absolute Gasteiger partial charge is 0.136 e. The molecule has 0 aliphatic carbocycles. The van der Waals surface area contributed by atoms with Crippen LogP contribution in [0.1, 0.15) is 31.2 Å². The highest BCUT2D eigenvalue weighted by molar-refractivity contribution is 5.73. The largest absolute Gasteiger partial charge is 0.495 e. The van der Waals surface area contributed by atoms with Crippen LogP contribution in [-0.4, -0.2) is 16.7 Å². The van der Waals surface area contributed by atoms with Crippen LogP contribution in [0.4, 0.5) is 5.82 Å². The molecule has 0 bridgehead atoms. The van der Waals surface area contributed by atoms with E-state index >= 15 is 0 Å². The topological polar surface area (TPSA) is 76.9 Å². The van der Waals surface area contributed by atoms with Gasteiger partial charge in [0.05, 0.1) is 12.7 Å². The Hall–Kier alpha value is -2.48. The number of nitrogens with two attached hydrogens (primary N) is 1. The molecule has 0 fully saturated rings. The molecule has 0 radical (unpaired) electrons. The number of ether oxygens (including phenoxy) is 1. The van der Waals surface area contributed by atoms with Crippen molar-refractivity contribution in [2.24, 2.45) is 0 Å². The van der Waals surface area contributed by atoms with Crippen molar-refractivity contribution in [3.63, 3.8) is 0 Å². The van der Waals surface area contributed by atoms with Crippen molar-refractivity contribution in [1.82, 2.24) is 9.55 Å². The van der Waals surface area contributed by atoms with Gasteiger partial charge in [-0.3, -0.25) is 0 Å². The Bertz CT molecular complexity index is 682. The Morgan fingerprint density at radius 2 is 2.19 bits per heavy atom. The minimum Gasteiger partial charge on any atom is -0.495 e. The minimum atomic E-state index is 0.482. The molecule has 0 aliphatic heterocycles. The molecule has 0 unspecified atom stereocenters. The molecule has 0 atom stereocenters. The molecule has 1 heterocycles. The van der Waals surface area contributed by atoms with Gasteiger partial charge in [-0.15, -0.1) is 0 Å². The number of imidazole rings is 1. The number of unbranched alkanes of at least 4 members (excludes halogenated alkanes) is 1. The summed E-state index contributed by atoms with van der Waals surface area (Å²) in [6, 6.07) is 7.54. The number of aryl methyl sites for hydroxylation is 1. The first-order valence-electron chi connectivity index (χ1n) is 7.03. The molecule has 110 valence electrons. The Balaban J connectivity index is 2.45. The number of hydrogen-bond donors (Lipinski definition) is 1. The summed E-state index contributed by atoms with van der Waals surface area (Å²) >= 11 is 0. The van der Waals surface area contributed by atoms with E-state index < -0.39 is 0 Å². The molecular formula is C16H20N4O. The number of hydrogen-bond acceptors (Lipinski definition) is 4. The standard InChI is InChI=1S/C16H20N4O/c1-4-5-8-20-11(2)19-15(16(20)18)12-6-7-14(21-3)13(9-12)10-17/h6-7,9H,4-5,8,18H2,1-3H3. The normalized spacial score (nSPS) is 10.4. The maximum Gasteiger partial charge on any atom is 0.136 e. The van der Waals surface area contributed by atoms with E-state index in [0.717, 1.165) is 36.5 Å². The lowest BCUT2D eigenvalue weighted by atomic mass is 10.1. The van der Waals surface area contributed by atoms with Gasteiger partial charge in [-0.1, -0.05) is 13.3 Å². The number of benzene rings is 1. The minimum absolute atomic E-state index is 0.482. The number of nitriles is 1. The van der Waals surface area contributed by atoms with Gasteiger partial charge in [-0.2, -0.15) is 5.26 Å². The summed E-state index contributed by atoms with van der Waals surface area (Å²) in [5, 5.41) is 9.18. The third kappa shape index (κ3) is 2.84. The number of nitrogens with zero attached hydrogens (tertiary/aromatic N) is 3. The van der Waals surface area contributed by atoms with Crippen molar-refractivity contribution in [2.75, 3.05) is 12.8 Å². The molecule has 1 aromatic heterocycles. The fraction of sp³-hybridized carbons (Fsp3) is 0.375. The number of aromatic nitrogens is 2. The van der Waals surface area contributed by atoms with Crippen LogP contribution in [0.25, 0.3) is 11.3 Å². The van der Waals surface area contributed by atoms with Gasteiger partial charge in [0, 0.05) is 12.1 Å². The third-order valence-corrected chi connectivity index (χ3v) is 3.53. The molecular weight excluding hydrogens is 264 g/mol. The summed E-state index contributed by atoms with van der Waals surface area (Å²) < 4.78 is 7.18. The van der Waals surface area contributed by atoms with Crippen LogP contribution in [0, 0.1) is 18.3 Å². The summed E-state index contributed by atoms with van der Waals surface area (Å²) in [6.07, 6.45) is 2.17. The maximum atomic E-state index is 9.18. The second kappa shape index (κ2) is 6.31. The summed E-state index contributed by atoms with van der Waals surface area (Å²) in [5.74, 6) is 2.10.